The van der Waals surface area contributed by atoms with Gasteiger partial charge in [0.15, 0.2) is 0 Å². The van der Waals surface area contributed by atoms with Crippen LogP contribution < -0.4 is 14.4 Å². The first kappa shape index (κ1) is 21.6. The van der Waals surface area contributed by atoms with Crippen molar-refractivity contribution in [3.63, 3.8) is 0 Å². The van der Waals surface area contributed by atoms with E-state index in [1.54, 1.807) is 0 Å². The van der Waals surface area contributed by atoms with E-state index in [2.05, 4.69) is 0 Å². The highest BCUT2D eigenvalue weighted by atomic mass is 32.2. The van der Waals surface area contributed by atoms with Crippen molar-refractivity contribution in [2.24, 2.45) is 0 Å². The molecule has 0 aromatic heterocycles. The Bertz CT molecular complexity index is 1090. The van der Waals surface area contributed by atoms with Crippen LogP contribution in [0.25, 0.3) is 0 Å². The van der Waals surface area contributed by atoms with E-state index in [9.17, 15) is 35.9 Å². The minimum absolute atomic E-state index is 0.0254. The van der Waals surface area contributed by atoms with Crippen LogP contribution in [0.5, 0.6) is 5.75 Å². The van der Waals surface area contributed by atoms with Gasteiger partial charge in [-0.1, -0.05) is 0 Å². The fraction of sp³-hybridized carbons (Fsp3) is 0.235. The summed E-state index contributed by atoms with van der Waals surface area (Å²) in [5, 5.41) is 20.3. The van der Waals surface area contributed by atoms with E-state index in [0.717, 1.165) is 6.07 Å². The molecule has 2 aromatic carbocycles. The minimum Gasteiger partial charge on any atom is -0.484 e. The van der Waals surface area contributed by atoms with Crippen molar-refractivity contribution in [3.05, 3.63) is 47.8 Å². The second-order valence-electron chi connectivity index (χ2n) is 6.21. The van der Waals surface area contributed by atoms with E-state index < -0.39 is 57.8 Å². The molecule has 2 aromatic rings. The van der Waals surface area contributed by atoms with Crippen LogP contribution in [0.3, 0.4) is 0 Å². The van der Waals surface area contributed by atoms with Crippen LogP contribution in [-0.2, 0) is 16.2 Å². The van der Waals surface area contributed by atoms with Gasteiger partial charge in [0.25, 0.3) is 10.0 Å². The zero-order valence-corrected chi connectivity index (χ0v) is 15.7. The Morgan fingerprint density at radius 2 is 1.93 bits per heavy atom. The largest absolute Gasteiger partial charge is 0.484 e. The maximum Gasteiger partial charge on any atom is 0.419 e. The number of rotatable bonds is 4. The number of aliphatic hydroxyl groups excluding tert-OH is 1. The lowest BCUT2D eigenvalue weighted by Gasteiger charge is -2.35. The van der Waals surface area contributed by atoms with Crippen molar-refractivity contribution in [2.75, 3.05) is 22.8 Å². The number of fused-ring (bicyclic) bond motifs is 1. The predicted octanol–water partition coefficient (Wildman–Crippen LogP) is 2.88. The van der Waals surface area contributed by atoms with E-state index in [4.69, 9.17) is 9.84 Å². The molecule has 13 heteroatoms. The molecule has 1 amide bonds. The topological polar surface area (TPSA) is 116 Å². The Morgan fingerprint density at radius 1 is 1.23 bits per heavy atom. The average molecular weight is 450 g/mol. The molecule has 1 unspecified atom stereocenters. The summed E-state index contributed by atoms with van der Waals surface area (Å²) in [7, 11) is -4.66. The highest BCUT2D eigenvalue weighted by molar-refractivity contribution is 7.92. The van der Waals surface area contributed by atoms with Gasteiger partial charge in [0.1, 0.15) is 17.7 Å². The van der Waals surface area contributed by atoms with Gasteiger partial charge in [0, 0.05) is 5.69 Å². The zero-order valence-electron chi connectivity index (χ0n) is 14.9. The van der Waals surface area contributed by atoms with Gasteiger partial charge in [-0.3, -0.25) is 9.62 Å². The van der Waals surface area contributed by atoms with Crippen LogP contribution >= 0.6 is 0 Å². The summed E-state index contributed by atoms with van der Waals surface area (Å²) in [5.41, 5.74) is -1.94. The molecular weight excluding hydrogens is 436 g/mol. The van der Waals surface area contributed by atoms with Gasteiger partial charge < -0.3 is 14.9 Å². The Kier molecular flexibility index (Phi) is 5.52. The lowest BCUT2D eigenvalue weighted by molar-refractivity contribution is -0.140. The molecule has 0 spiro atoms. The first-order valence-corrected chi connectivity index (χ1v) is 9.68. The monoisotopic (exact) mass is 450 g/mol. The van der Waals surface area contributed by atoms with E-state index in [0.29, 0.717) is 16.4 Å². The van der Waals surface area contributed by atoms with Gasteiger partial charge in [-0.15, -0.1) is 0 Å². The first-order chi connectivity index (χ1) is 13.9. The minimum atomic E-state index is -5.12. The van der Waals surface area contributed by atoms with Gasteiger partial charge >= 0.3 is 12.3 Å². The number of ether oxygens (including phenoxy) is 1. The van der Waals surface area contributed by atoms with Crippen LogP contribution in [0.4, 0.5) is 33.7 Å². The maximum atomic E-state index is 13.6. The second-order valence-corrected chi connectivity index (χ2v) is 8.07. The number of amides is 1. The molecule has 0 saturated heterocycles. The van der Waals surface area contributed by atoms with Crippen LogP contribution in [0.1, 0.15) is 5.56 Å². The lowest BCUT2D eigenvalue weighted by atomic mass is 10.2. The van der Waals surface area contributed by atoms with E-state index in [-0.39, 0.29) is 23.2 Å². The third-order valence-electron chi connectivity index (χ3n) is 4.18. The summed E-state index contributed by atoms with van der Waals surface area (Å²) in [6.07, 6.45) is -7.58. The third-order valence-corrected chi connectivity index (χ3v) is 5.95. The molecule has 30 heavy (non-hydrogen) atoms. The molecule has 1 aliphatic heterocycles. The number of anilines is 2. The van der Waals surface area contributed by atoms with Crippen molar-refractivity contribution in [2.45, 2.75) is 17.2 Å². The van der Waals surface area contributed by atoms with Gasteiger partial charge in [0.05, 0.1) is 29.3 Å². The molecular formula is C17H14F4N2O6S. The molecule has 0 aliphatic carbocycles. The standard InChI is InChI=1S/C17H14F4N2O6S/c18-13-3-2-11(6-12(13)17(19,20)21)30(27,28)23-7-10(8-24)29-15-4-1-9(5-14(15)23)22-16(25)26/h1-6,10,22,24H,7-8H2,(H,25,26). The number of carboxylic acid groups (broad SMARTS) is 1. The number of nitrogens with one attached hydrogen (secondary N) is 1. The summed E-state index contributed by atoms with van der Waals surface area (Å²) in [5.74, 6) is -1.68. The quantitative estimate of drug-likeness (QED) is 0.617. The number of carbonyl (C=O) groups is 1. The Labute approximate surface area is 167 Å². The van der Waals surface area contributed by atoms with E-state index in [1.807, 2.05) is 5.32 Å². The third kappa shape index (κ3) is 4.11. The number of aliphatic hydroxyl groups is 1. The van der Waals surface area contributed by atoms with Crippen molar-refractivity contribution in [1.82, 2.24) is 0 Å². The number of halogens is 4. The Morgan fingerprint density at radius 3 is 2.53 bits per heavy atom. The number of hydrogen-bond acceptors (Lipinski definition) is 5. The fourth-order valence-corrected chi connectivity index (χ4v) is 4.37. The molecule has 1 heterocycles. The summed E-state index contributed by atoms with van der Waals surface area (Å²) in [6, 6.07) is 4.88. The fourth-order valence-electron chi connectivity index (χ4n) is 2.85. The number of nitrogens with zero attached hydrogens (tertiary/aromatic N) is 1. The summed E-state index contributed by atoms with van der Waals surface area (Å²) < 4.78 is 84.9. The van der Waals surface area contributed by atoms with Gasteiger partial charge in [-0.25, -0.2) is 17.6 Å². The highest BCUT2D eigenvalue weighted by Gasteiger charge is 2.38. The molecule has 162 valence electrons. The average Bonchev–Trinajstić information content (AvgIpc) is 2.65. The van der Waals surface area contributed by atoms with Crippen LogP contribution in [0.15, 0.2) is 41.3 Å². The van der Waals surface area contributed by atoms with E-state index in [1.165, 1.54) is 12.1 Å². The summed E-state index contributed by atoms with van der Waals surface area (Å²) in [6.45, 7) is -1.07. The molecule has 0 radical (unpaired) electrons. The van der Waals surface area contributed by atoms with Gasteiger partial charge in [-0.2, -0.15) is 13.2 Å². The Balaban J connectivity index is 2.13. The van der Waals surface area contributed by atoms with Crippen LogP contribution in [0.2, 0.25) is 0 Å². The van der Waals surface area contributed by atoms with Crippen molar-refractivity contribution < 1.29 is 45.7 Å². The van der Waals surface area contributed by atoms with Gasteiger partial charge in [0.2, 0.25) is 0 Å². The molecule has 1 atom stereocenters. The predicted molar refractivity (Wildman–Crippen MR) is 95.5 cm³/mol. The molecule has 0 fully saturated rings. The zero-order chi connectivity index (χ0) is 22.3. The van der Waals surface area contributed by atoms with E-state index >= 15 is 0 Å². The summed E-state index contributed by atoms with van der Waals surface area (Å²) in [4.78, 5) is 10.0. The first-order valence-electron chi connectivity index (χ1n) is 8.24. The molecule has 1 aliphatic rings. The number of sulfonamides is 1. The van der Waals surface area contributed by atoms with Crippen molar-refractivity contribution in [1.29, 1.82) is 0 Å². The van der Waals surface area contributed by atoms with Crippen LogP contribution in [-0.4, -0.2) is 44.0 Å². The molecule has 3 rings (SSSR count). The molecule has 0 bridgehead atoms. The summed E-state index contributed by atoms with van der Waals surface area (Å²) >= 11 is 0. The molecule has 8 nitrogen and oxygen atoms in total. The maximum absolute atomic E-state index is 13.6. The molecule has 0 saturated carbocycles. The van der Waals surface area contributed by atoms with Crippen molar-refractivity contribution in [3.8, 4) is 5.75 Å². The smallest absolute Gasteiger partial charge is 0.419 e. The Hall–Kier alpha value is -3.06. The second kappa shape index (κ2) is 7.65. The lowest BCUT2D eigenvalue weighted by Crippen LogP contribution is -2.45. The van der Waals surface area contributed by atoms with Crippen LogP contribution in [0, 0.1) is 5.82 Å². The van der Waals surface area contributed by atoms with Crippen molar-refractivity contribution >= 4 is 27.5 Å². The number of alkyl halides is 3. The molecule has 3 N–H and O–H groups in total. The SMILES string of the molecule is O=C(O)Nc1ccc2c(c1)N(S(=O)(=O)c1ccc(F)c(C(F)(F)F)c1)CC(CO)O2. The van der Waals surface area contributed by atoms with Gasteiger partial charge in [-0.05, 0) is 36.4 Å². The highest BCUT2D eigenvalue weighted by Crippen LogP contribution is 2.40. The number of benzene rings is 2. The normalized spacial score (nSPS) is 16.6. The number of hydrogen-bond donors (Lipinski definition) is 3.